The van der Waals surface area contributed by atoms with Crippen molar-refractivity contribution in [3.63, 3.8) is 0 Å². The summed E-state index contributed by atoms with van der Waals surface area (Å²) in [5.74, 6) is -2.04. The first-order valence-corrected chi connectivity index (χ1v) is 5.95. The number of carbonyl (C=O) groups is 1. The zero-order chi connectivity index (χ0) is 14.6. The second-order valence-electron chi connectivity index (χ2n) is 4.65. The van der Waals surface area contributed by atoms with Gasteiger partial charge in [-0.15, -0.1) is 0 Å². The van der Waals surface area contributed by atoms with Crippen molar-refractivity contribution in [3.05, 3.63) is 35.4 Å². The van der Waals surface area contributed by atoms with E-state index in [9.17, 15) is 13.6 Å². The molecule has 0 atom stereocenters. The standard InChI is InChI=1S/C14H17F2NO2/c1-5-12(17-19-4)14(2,3)13(18)10-7-6-9(15)8-11(10)16/h6-8H,5H2,1-4H3/b17-12-. The van der Waals surface area contributed by atoms with Gasteiger partial charge in [-0.1, -0.05) is 12.1 Å². The SMILES string of the molecule is CC/C(=N/OC)C(C)(C)C(=O)c1ccc(F)cc1F. The summed E-state index contributed by atoms with van der Waals surface area (Å²) in [7, 11) is 1.38. The van der Waals surface area contributed by atoms with Crippen molar-refractivity contribution in [2.75, 3.05) is 7.11 Å². The van der Waals surface area contributed by atoms with Crippen LogP contribution in [-0.2, 0) is 4.84 Å². The zero-order valence-electron chi connectivity index (χ0n) is 11.5. The zero-order valence-corrected chi connectivity index (χ0v) is 11.5. The Kier molecular flexibility index (Phi) is 4.75. The highest BCUT2D eigenvalue weighted by Crippen LogP contribution is 2.27. The van der Waals surface area contributed by atoms with Crippen LogP contribution >= 0.6 is 0 Å². The molecule has 1 aromatic carbocycles. The number of benzene rings is 1. The summed E-state index contributed by atoms with van der Waals surface area (Å²) in [6, 6.07) is 2.91. The van der Waals surface area contributed by atoms with Crippen molar-refractivity contribution < 1.29 is 18.4 Å². The molecule has 0 radical (unpaired) electrons. The molecule has 0 aliphatic carbocycles. The lowest BCUT2D eigenvalue weighted by Crippen LogP contribution is -2.34. The normalized spacial score (nSPS) is 12.4. The number of hydrogen-bond acceptors (Lipinski definition) is 3. The molecule has 0 aliphatic heterocycles. The molecule has 0 heterocycles. The number of rotatable bonds is 5. The average molecular weight is 269 g/mol. The number of nitrogens with zero attached hydrogens (tertiary/aromatic N) is 1. The van der Waals surface area contributed by atoms with E-state index in [4.69, 9.17) is 4.84 Å². The van der Waals surface area contributed by atoms with E-state index in [1.54, 1.807) is 13.8 Å². The number of halogens is 2. The van der Waals surface area contributed by atoms with E-state index in [1.807, 2.05) is 6.92 Å². The van der Waals surface area contributed by atoms with Gasteiger partial charge in [0, 0.05) is 6.07 Å². The molecule has 0 aliphatic rings. The van der Waals surface area contributed by atoms with Crippen LogP contribution in [0.2, 0.25) is 0 Å². The molecular weight excluding hydrogens is 252 g/mol. The van der Waals surface area contributed by atoms with Crippen LogP contribution in [0.1, 0.15) is 37.6 Å². The van der Waals surface area contributed by atoms with Crippen molar-refractivity contribution in [2.45, 2.75) is 27.2 Å². The second kappa shape index (κ2) is 5.91. The van der Waals surface area contributed by atoms with Crippen LogP contribution in [0.4, 0.5) is 8.78 Å². The molecule has 3 nitrogen and oxygen atoms in total. The molecule has 0 aromatic heterocycles. The molecule has 0 amide bonds. The Labute approximate surface area is 111 Å². The first-order valence-electron chi connectivity index (χ1n) is 5.95. The molecule has 1 rings (SSSR count). The summed E-state index contributed by atoms with van der Waals surface area (Å²) in [4.78, 5) is 17.1. The van der Waals surface area contributed by atoms with E-state index in [1.165, 1.54) is 7.11 Å². The predicted molar refractivity (Wildman–Crippen MR) is 69.2 cm³/mol. The van der Waals surface area contributed by atoms with Gasteiger partial charge in [-0.05, 0) is 32.4 Å². The summed E-state index contributed by atoms with van der Waals surface area (Å²) in [5, 5.41) is 3.81. The fourth-order valence-electron chi connectivity index (χ4n) is 1.87. The summed E-state index contributed by atoms with van der Waals surface area (Å²) in [6.07, 6.45) is 0.495. The molecule has 0 bridgehead atoms. The quantitative estimate of drug-likeness (QED) is 0.465. The monoisotopic (exact) mass is 269 g/mol. The third-order valence-electron chi connectivity index (χ3n) is 3.00. The summed E-state index contributed by atoms with van der Waals surface area (Å²) in [6.45, 7) is 5.10. The molecule has 5 heteroatoms. The molecule has 1 aromatic rings. The van der Waals surface area contributed by atoms with E-state index in [-0.39, 0.29) is 5.56 Å². The Hall–Kier alpha value is -1.78. The van der Waals surface area contributed by atoms with Crippen molar-refractivity contribution in [3.8, 4) is 0 Å². The minimum absolute atomic E-state index is 0.149. The Morgan fingerprint density at radius 1 is 1.37 bits per heavy atom. The first-order chi connectivity index (χ1) is 8.84. The minimum Gasteiger partial charge on any atom is -0.399 e. The molecular formula is C14H17F2NO2. The Morgan fingerprint density at radius 2 is 2.00 bits per heavy atom. The largest absolute Gasteiger partial charge is 0.399 e. The van der Waals surface area contributed by atoms with Crippen molar-refractivity contribution >= 4 is 11.5 Å². The van der Waals surface area contributed by atoms with Gasteiger partial charge in [-0.25, -0.2) is 8.78 Å². The van der Waals surface area contributed by atoms with Crippen LogP contribution in [0.15, 0.2) is 23.4 Å². The van der Waals surface area contributed by atoms with Gasteiger partial charge >= 0.3 is 0 Å². The van der Waals surface area contributed by atoms with Crippen molar-refractivity contribution in [1.29, 1.82) is 0 Å². The molecule has 0 unspecified atom stereocenters. The maximum atomic E-state index is 13.7. The average Bonchev–Trinajstić information content (AvgIpc) is 2.34. The highest BCUT2D eigenvalue weighted by atomic mass is 19.1. The summed E-state index contributed by atoms with van der Waals surface area (Å²) in [5.41, 5.74) is -0.656. The Morgan fingerprint density at radius 3 is 2.47 bits per heavy atom. The fraction of sp³-hybridized carbons (Fsp3) is 0.429. The lowest BCUT2D eigenvalue weighted by atomic mass is 9.78. The van der Waals surface area contributed by atoms with Crippen LogP contribution in [0.5, 0.6) is 0 Å². The van der Waals surface area contributed by atoms with Gasteiger partial charge in [0.25, 0.3) is 0 Å². The van der Waals surface area contributed by atoms with Gasteiger partial charge in [-0.2, -0.15) is 0 Å². The first kappa shape index (κ1) is 15.3. The van der Waals surface area contributed by atoms with Gasteiger partial charge in [0.15, 0.2) is 5.78 Å². The molecule has 104 valence electrons. The lowest BCUT2D eigenvalue weighted by molar-refractivity contribution is 0.0889. The maximum Gasteiger partial charge on any atom is 0.177 e. The summed E-state index contributed by atoms with van der Waals surface area (Å²) < 4.78 is 26.5. The number of hydrogen-bond donors (Lipinski definition) is 0. The van der Waals surface area contributed by atoms with Gasteiger partial charge in [0.2, 0.25) is 0 Å². The van der Waals surface area contributed by atoms with Crippen LogP contribution in [0.25, 0.3) is 0 Å². The molecule has 0 N–H and O–H groups in total. The molecule has 0 fully saturated rings. The second-order valence-corrected chi connectivity index (χ2v) is 4.65. The van der Waals surface area contributed by atoms with Gasteiger partial charge in [0.05, 0.1) is 16.7 Å². The molecule has 19 heavy (non-hydrogen) atoms. The van der Waals surface area contributed by atoms with Crippen LogP contribution in [-0.4, -0.2) is 18.6 Å². The van der Waals surface area contributed by atoms with E-state index in [0.29, 0.717) is 18.2 Å². The Bertz CT molecular complexity index is 510. The van der Waals surface area contributed by atoms with Gasteiger partial charge in [-0.3, -0.25) is 4.79 Å². The fourth-order valence-corrected chi connectivity index (χ4v) is 1.87. The Balaban J connectivity index is 3.20. The predicted octanol–water partition coefficient (Wildman–Crippen LogP) is 3.59. The highest BCUT2D eigenvalue weighted by molar-refractivity contribution is 6.15. The van der Waals surface area contributed by atoms with Crippen LogP contribution < -0.4 is 0 Å². The highest BCUT2D eigenvalue weighted by Gasteiger charge is 2.35. The van der Waals surface area contributed by atoms with Crippen molar-refractivity contribution in [1.82, 2.24) is 0 Å². The number of ketones is 1. The third kappa shape index (κ3) is 3.16. The topological polar surface area (TPSA) is 38.7 Å². The molecule has 0 spiro atoms. The smallest absolute Gasteiger partial charge is 0.177 e. The summed E-state index contributed by atoms with van der Waals surface area (Å²) >= 11 is 0. The maximum absolute atomic E-state index is 13.7. The molecule has 0 saturated carbocycles. The van der Waals surface area contributed by atoms with Gasteiger partial charge < -0.3 is 4.84 Å². The number of oxime groups is 1. The number of Topliss-reactive ketones (excluding diaryl/α,β-unsaturated/α-hetero) is 1. The van der Waals surface area contributed by atoms with Crippen molar-refractivity contribution in [2.24, 2.45) is 10.6 Å². The number of carbonyl (C=O) groups excluding carboxylic acids is 1. The van der Waals surface area contributed by atoms with E-state index < -0.39 is 22.8 Å². The molecule has 0 saturated heterocycles. The van der Waals surface area contributed by atoms with E-state index >= 15 is 0 Å². The van der Waals surface area contributed by atoms with E-state index in [2.05, 4.69) is 5.16 Å². The van der Waals surface area contributed by atoms with E-state index in [0.717, 1.165) is 12.1 Å². The van der Waals surface area contributed by atoms with Gasteiger partial charge in [0.1, 0.15) is 18.7 Å². The third-order valence-corrected chi connectivity index (χ3v) is 3.00. The van der Waals surface area contributed by atoms with Crippen LogP contribution in [0.3, 0.4) is 0 Å². The lowest BCUT2D eigenvalue weighted by Gasteiger charge is -2.24. The minimum atomic E-state index is -1.01. The van der Waals surface area contributed by atoms with Crippen LogP contribution in [0, 0.1) is 17.0 Å².